The van der Waals surface area contributed by atoms with Crippen molar-refractivity contribution in [1.29, 1.82) is 0 Å². The van der Waals surface area contributed by atoms with Crippen LogP contribution in [0.2, 0.25) is 0 Å². The summed E-state index contributed by atoms with van der Waals surface area (Å²) >= 11 is 0. The molecular formula is C16H25N5O6S. The van der Waals surface area contributed by atoms with Crippen LogP contribution in [0.25, 0.3) is 0 Å². The molecule has 156 valence electrons. The number of aromatic nitrogens is 2. The lowest BCUT2D eigenvalue weighted by molar-refractivity contribution is -0.0530. The number of piperidine rings is 1. The molecule has 5 rings (SSSR count). The summed E-state index contributed by atoms with van der Waals surface area (Å²) in [6, 6.07) is -1.32. The molecule has 0 unspecified atom stereocenters. The fourth-order valence-corrected chi connectivity index (χ4v) is 5.19. The molecule has 3 N–H and O–H groups in total. The van der Waals surface area contributed by atoms with E-state index in [1.807, 2.05) is 0 Å². The molecule has 1 spiro atoms. The molecule has 28 heavy (non-hydrogen) atoms. The van der Waals surface area contributed by atoms with Crippen LogP contribution in [0, 0.1) is 5.41 Å². The first-order chi connectivity index (χ1) is 12.8. The second kappa shape index (κ2) is 6.37. The molecule has 1 aromatic heterocycles. The largest absolute Gasteiger partial charge is 0.423 e. The van der Waals surface area contributed by atoms with Crippen molar-refractivity contribution >= 4 is 16.4 Å². The van der Waals surface area contributed by atoms with E-state index in [2.05, 4.69) is 14.5 Å². The van der Waals surface area contributed by atoms with Gasteiger partial charge in [-0.15, -0.1) is 14.5 Å². The van der Waals surface area contributed by atoms with Gasteiger partial charge in [0.15, 0.2) is 0 Å². The Morgan fingerprint density at radius 1 is 1.25 bits per heavy atom. The summed E-state index contributed by atoms with van der Waals surface area (Å²) in [7, 11) is -4.78. The number of amides is 2. The number of hydrogen-bond acceptors (Lipinski definition) is 8. The molecule has 1 aromatic rings. The number of rotatable bonds is 4. The monoisotopic (exact) mass is 415 g/mol. The van der Waals surface area contributed by atoms with Crippen molar-refractivity contribution in [1.82, 2.24) is 20.2 Å². The van der Waals surface area contributed by atoms with Crippen molar-refractivity contribution in [2.24, 2.45) is 11.1 Å². The van der Waals surface area contributed by atoms with E-state index in [4.69, 9.17) is 14.7 Å². The summed E-state index contributed by atoms with van der Waals surface area (Å²) in [5.74, 6) is 1.04. The Kier molecular flexibility index (Phi) is 4.45. The first kappa shape index (κ1) is 19.6. The lowest BCUT2D eigenvalue weighted by Gasteiger charge is -2.34. The highest BCUT2D eigenvalue weighted by molar-refractivity contribution is 7.80. The molecule has 0 radical (unpaired) electrons. The van der Waals surface area contributed by atoms with E-state index in [1.54, 1.807) is 0 Å². The molecule has 12 heteroatoms. The van der Waals surface area contributed by atoms with Gasteiger partial charge in [0.1, 0.15) is 6.04 Å². The summed E-state index contributed by atoms with van der Waals surface area (Å²) in [4.78, 5) is 14.2. The van der Waals surface area contributed by atoms with Gasteiger partial charge in [0.25, 0.3) is 0 Å². The minimum atomic E-state index is -4.78. The van der Waals surface area contributed by atoms with Gasteiger partial charge in [-0.05, 0) is 43.9 Å². The fraction of sp³-hybridized carbons (Fsp3) is 0.812. The van der Waals surface area contributed by atoms with Crippen LogP contribution in [0.3, 0.4) is 0 Å². The maximum atomic E-state index is 12.7. The smallest absolute Gasteiger partial charge is 0.418 e. The maximum Gasteiger partial charge on any atom is 0.418 e. The molecule has 4 atom stereocenters. The van der Waals surface area contributed by atoms with E-state index in [1.165, 1.54) is 4.90 Å². The van der Waals surface area contributed by atoms with Gasteiger partial charge in [-0.1, -0.05) is 7.43 Å². The lowest BCUT2D eigenvalue weighted by atomic mass is 9.85. The third-order valence-corrected chi connectivity index (χ3v) is 6.75. The van der Waals surface area contributed by atoms with E-state index in [0.29, 0.717) is 24.7 Å². The highest BCUT2D eigenvalue weighted by atomic mass is 32.3. The van der Waals surface area contributed by atoms with Gasteiger partial charge >= 0.3 is 16.4 Å². The van der Waals surface area contributed by atoms with Crippen LogP contribution in [0.4, 0.5) is 4.79 Å². The quantitative estimate of drug-likeness (QED) is 0.694. The van der Waals surface area contributed by atoms with Crippen LogP contribution >= 0.6 is 0 Å². The summed E-state index contributed by atoms with van der Waals surface area (Å²) < 4.78 is 41.8. The van der Waals surface area contributed by atoms with Crippen LogP contribution in [0.5, 0.6) is 0 Å². The van der Waals surface area contributed by atoms with Crippen LogP contribution in [-0.4, -0.2) is 57.8 Å². The zero-order chi connectivity index (χ0) is 19.0. The van der Waals surface area contributed by atoms with E-state index in [9.17, 15) is 13.2 Å². The number of nitrogens with two attached hydrogens (primary N) is 1. The lowest BCUT2D eigenvalue weighted by Crippen LogP contribution is -2.43. The summed E-state index contributed by atoms with van der Waals surface area (Å²) in [5.41, 5.74) is 5.71. The first-order valence-corrected chi connectivity index (χ1v) is 10.5. The zero-order valence-electron chi connectivity index (χ0n) is 14.5. The van der Waals surface area contributed by atoms with Crippen molar-refractivity contribution in [3.8, 4) is 0 Å². The number of hydroxylamine groups is 2. The predicted molar refractivity (Wildman–Crippen MR) is 95.0 cm³/mol. The third kappa shape index (κ3) is 3.08. The maximum absolute atomic E-state index is 12.7. The first-order valence-electron chi connectivity index (χ1n) is 9.11. The minimum Gasteiger partial charge on any atom is -0.423 e. The Hall–Kier alpha value is -1.76. The van der Waals surface area contributed by atoms with E-state index >= 15 is 0 Å². The van der Waals surface area contributed by atoms with E-state index in [-0.39, 0.29) is 24.8 Å². The molecule has 4 aliphatic rings. The van der Waals surface area contributed by atoms with Gasteiger partial charge in [0, 0.05) is 18.5 Å². The Bertz CT molecular complexity index is 884. The highest BCUT2D eigenvalue weighted by Gasteiger charge is 2.65. The number of hydrogen-bond donors (Lipinski definition) is 2. The van der Waals surface area contributed by atoms with Crippen molar-refractivity contribution in [3.63, 3.8) is 0 Å². The van der Waals surface area contributed by atoms with E-state index < -0.39 is 28.5 Å². The van der Waals surface area contributed by atoms with Gasteiger partial charge in [-0.25, -0.2) is 4.79 Å². The van der Waals surface area contributed by atoms with Crippen molar-refractivity contribution in [3.05, 3.63) is 11.8 Å². The molecule has 2 amide bonds. The standard InChI is InChI=1S/C15H21N5O6S.CH4/c16-9-2-1-8(5-9)12-17-18-13(25-12)10-6-15(3-4-15)11-7-19(10)14(21)20(11)26-27(22,23)24;/h8-11H,1-7,16H2,(H,22,23,24);1H4/t8-,9+,10+,11+;/m1./s1. The fourth-order valence-electron chi connectivity index (χ4n) is 4.82. The molecule has 2 bridgehead atoms. The topological polar surface area (TPSA) is 152 Å². The summed E-state index contributed by atoms with van der Waals surface area (Å²) in [6.45, 7) is 0.297. The summed E-state index contributed by atoms with van der Waals surface area (Å²) in [5, 5.41) is 9.13. The molecule has 11 nitrogen and oxygen atoms in total. The average Bonchev–Trinajstić information content (AvgIpc) is 2.97. The number of nitrogens with zero attached hydrogens (tertiary/aromatic N) is 4. The minimum absolute atomic E-state index is 0. The Morgan fingerprint density at radius 3 is 2.57 bits per heavy atom. The number of fused-ring (bicyclic) bond motifs is 3. The van der Waals surface area contributed by atoms with Crippen LogP contribution in [0.1, 0.15) is 69.7 Å². The van der Waals surface area contributed by atoms with Gasteiger partial charge in [-0.3, -0.25) is 4.55 Å². The molecule has 2 aliphatic carbocycles. The Balaban J connectivity index is 0.00000192. The SMILES string of the molecule is C.N[C@H]1CC[C@@H](c2nnc([C@@H]3CC4(CC4)[C@@H]4CN3C(=O)N4OS(=O)(=O)O)o2)C1. The molecule has 0 aromatic carbocycles. The van der Waals surface area contributed by atoms with Gasteiger partial charge in [0.05, 0.1) is 6.04 Å². The van der Waals surface area contributed by atoms with Crippen LogP contribution in [0.15, 0.2) is 4.42 Å². The van der Waals surface area contributed by atoms with E-state index in [0.717, 1.165) is 37.2 Å². The second-order valence-electron chi connectivity index (χ2n) is 8.11. The van der Waals surface area contributed by atoms with Gasteiger partial charge in [-0.2, -0.15) is 13.5 Å². The second-order valence-corrected chi connectivity index (χ2v) is 9.11. The van der Waals surface area contributed by atoms with Gasteiger partial charge < -0.3 is 15.1 Å². The molecular weight excluding hydrogens is 390 g/mol. The number of urea groups is 1. The molecule has 4 fully saturated rings. The normalized spacial score (nSPS) is 33.4. The average molecular weight is 415 g/mol. The number of carbonyl (C=O) groups is 1. The van der Waals surface area contributed by atoms with Crippen LogP contribution < -0.4 is 5.73 Å². The van der Waals surface area contributed by atoms with Gasteiger partial charge in [0.2, 0.25) is 11.8 Å². The third-order valence-electron chi connectivity index (χ3n) is 6.40. The van der Waals surface area contributed by atoms with Crippen molar-refractivity contribution in [2.45, 2.75) is 70.0 Å². The molecule has 2 saturated heterocycles. The molecule has 3 heterocycles. The highest BCUT2D eigenvalue weighted by Crippen LogP contribution is 2.61. The summed E-state index contributed by atoms with van der Waals surface area (Å²) in [6.07, 6.45) is 4.91. The Labute approximate surface area is 163 Å². The van der Waals surface area contributed by atoms with Crippen molar-refractivity contribution in [2.75, 3.05) is 6.54 Å². The molecule has 2 aliphatic heterocycles. The predicted octanol–water partition coefficient (Wildman–Crippen LogP) is 1.37. The van der Waals surface area contributed by atoms with Crippen LogP contribution in [-0.2, 0) is 14.7 Å². The Morgan fingerprint density at radius 2 is 1.96 bits per heavy atom. The van der Waals surface area contributed by atoms with Crippen molar-refractivity contribution < 1.29 is 26.5 Å². The number of carbonyl (C=O) groups excluding carboxylic acids is 1. The zero-order valence-corrected chi connectivity index (χ0v) is 15.3. The molecule has 2 saturated carbocycles.